The second-order valence-corrected chi connectivity index (χ2v) is 5.69. The van der Waals surface area contributed by atoms with Crippen LogP contribution in [0.3, 0.4) is 0 Å². The van der Waals surface area contributed by atoms with Crippen LogP contribution in [0.4, 0.5) is 0 Å². The molecule has 0 bridgehead atoms. The Morgan fingerprint density at radius 3 is 2.61 bits per heavy atom. The van der Waals surface area contributed by atoms with Gasteiger partial charge in [-0.3, -0.25) is 4.99 Å². The van der Waals surface area contributed by atoms with E-state index in [4.69, 9.17) is 4.74 Å². The van der Waals surface area contributed by atoms with Crippen LogP contribution in [-0.2, 0) is 0 Å². The predicted molar refractivity (Wildman–Crippen MR) is 94.9 cm³/mol. The summed E-state index contributed by atoms with van der Waals surface area (Å²) in [6.07, 6.45) is 10.7. The van der Waals surface area contributed by atoms with E-state index in [0.717, 1.165) is 17.0 Å². The third kappa shape index (κ3) is 2.64. The van der Waals surface area contributed by atoms with Crippen molar-refractivity contribution in [3.63, 3.8) is 0 Å². The summed E-state index contributed by atoms with van der Waals surface area (Å²) < 4.78 is 5.17. The molecule has 1 atom stereocenters. The maximum atomic E-state index is 5.17. The molecule has 0 N–H and O–H groups in total. The summed E-state index contributed by atoms with van der Waals surface area (Å²) in [7, 11) is 1.67. The van der Waals surface area contributed by atoms with E-state index >= 15 is 0 Å². The minimum absolute atomic E-state index is 0.334. The first kappa shape index (κ1) is 13.8. The van der Waals surface area contributed by atoms with Crippen molar-refractivity contribution in [2.45, 2.75) is 0 Å². The number of rotatable bonds is 3. The Bertz CT molecular complexity index is 946. The average molecular weight is 299 g/mol. The van der Waals surface area contributed by atoms with Gasteiger partial charge in [-0.2, -0.15) is 0 Å². The summed E-state index contributed by atoms with van der Waals surface area (Å²) in [6.45, 7) is 0. The van der Waals surface area contributed by atoms with E-state index < -0.39 is 0 Å². The number of benzene rings is 2. The summed E-state index contributed by atoms with van der Waals surface area (Å²) in [6, 6.07) is 16.4. The van der Waals surface area contributed by atoms with Crippen LogP contribution < -0.4 is 15.2 Å². The van der Waals surface area contributed by atoms with E-state index in [-0.39, 0.29) is 0 Å². The van der Waals surface area contributed by atoms with Gasteiger partial charge in [0.25, 0.3) is 0 Å². The molecule has 0 aromatic heterocycles. The second-order valence-electron chi connectivity index (χ2n) is 5.69. The van der Waals surface area contributed by atoms with Crippen LogP contribution >= 0.6 is 0 Å². The lowest BCUT2D eigenvalue weighted by Crippen LogP contribution is -2.21. The fourth-order valence-corrected chi connectivity index (χ4v) is 3.05. The Morgan fingerprint density at radius 2 is 1.78 bits per heavy atom. The number of allylic oxidation sites excluding steroid dienone is 3. The second kappa shape index (κ2) is 5.73. The smallest absolute Gasteiger partial charge is 0.118 e. The molecule has 0 amide bonds. The fourth-order valence-electron chi connectivity index (χ4n) is 3.05. The Kier molecular flexibility index (Phi) is 3.43. The molecule has 0 aliphatic heterocycles. The lowest BCUT2D eigenvalue weighted by atomic mass is 9.95. The van der Waals surface area contributed by atoms with Gasteiger partial charge in [0.1, 0.15) is 5.75 Å². The molecule has 0 saturated carbocycles. The minimum Gasteiger partial charge on any atom is -0.497 e. The van der Waals surface area contributed by atoms with Gasteiger partial charge in [0.2, 0.25) is 0 Å². The Balaban J connectivity index is 1.59. The molecule has 0 fully saturated rings. The van der Waals surface area contributed by atoms with Crippen LogP contribution in [0.1, 0.15) is 5.56 Å². The highest BCUT2D eigenvalue weighted by Gasteiger charge is 2.16. The van der Waals surface area contributed by atoms with Gasteiger partial charge in [-0.1, -0.05) is 36.4 Å². The first-order chi connectivity index (χ1) is 11.3. The normalized spacial score (nSPS) is 18.4. The molecule has 0 heterocycles. The molecule has 112 valence electrons. The number of fused-ring (bicyclic) bond motifs is 2. The number of aliphatic imine (C=N–C) groups is 1. The lowest BCUT2D eigenvalue weighted by Gasteiger charge is -2.11. The van der Waals surface area contributed by atoms with Crippen LogP contribution in [0.25, 0.3) is 11.6 Å². The Morgan fingerprint density at radius 1 is 0.957 bits per heavy atom. The minimum atomic E-state index is 0.334. The van der Waals surface area contributed by atoms with Crippen LogP contribution in [0.15, 0.2) is 77.4 Å². The molecule has 0 saturated heterocycles. The zero-order valence-corrected chi connectivity index (χ0v) is 12.9. The summed E-state index contributed by atoms with van der Waals surface area (Å²) in [5.74, 6) is 1.19. The van der Waals surface area contributed by atoms with Gasteiger partial charge >= 0.3 is 0 Å². The molecular formula is C21H17NO. The summed E-state index contributed by atoms with van der Waals surface area (Å²) in [5.41, 5.74) is 3.43. The number of nitrogens with zero attached hydrogens (tertiary/aromatic N) is 1. The molecule has 2 aliphatic rings. The summed E-state index contributed by atoms with van der Waals surface area (Å²) >= 11 is 0. The molecule has 2 aliphatic carbocycles. The van der Waals surface area contributed by atoms with E-state index in [1.165, 1.54) is 16.0 Å². The van der Waals surface area contributed by atoms with Crippen molar-refractivity contribution in [1.29, 1.82) is 0 Å². The van der Waals surface area contributed by atoms with Gasteiger partial charge in [0, 0.05) is 12.1 Å². The van der Waals surface area contributed by atoms with Crippen molar-refractivity contribution in [2.75, 3.05) is 7.11 Å². The van der Waals surface area contributed by atoms with E-state index in [0.29, 0.717) is 5.92 Å². The van der Waals surface area contributed by atoms with Gasteiger partial charge < -0.3 is 4.74 Å². The number of hydrogen-bond donors (Lipinski definition) is 0. The number of methoxy groups -OCH3 is 1. The molecule has 23 heavy (non-hydrogen) atoms. The molecule has 0 radical (unpaired) electrons. The SMILES string of the molecule is COc1ccc(C=NC2=C[C@H]3C=c4ccccc4=C3C=C2)cc1. The molecular weight excluding hydrogens is 282 g/mol. The van der Waals surface area contributed by atoms with E-state index in [9.17, 15) is 0 Å². The van der Waals surface area contributed by atoms with Crippen molar-refractivity contribution >= 4 is 17.9 Å². The van der Waals surface area contributed by atoms with Gasteiger partial charge in [-0.15, -0.1) is 0 Å². The van der Waals surface area contributed by atoms with Gasteiger partial charge in [0.15, 0.2) is 0 Å². The third-order valence-corrected chi connectivity index (χ3v) is 4.25. The van der Waals surface area contributed by atoms with Crippen molar-refractivity contribution in [2.24, 2.45) is 10.9 Å². The highest BCUT2D eigenvalue weighted by Crippen LogP contribution is 2.26. The zero-order chi connectivity index (χ0) is 15.6. The molecule has 2 nitrogen and oxygen atoms in total. The fraction of sp³-hybridized carbons (Fsp3) is 0.0952. The van der Waals surface area contributed by atoms with Crippen molar-refractivity contribution in [3.05, 3.63) is 88.5 Å². The summed E-state index contributed by atoms with van der Waals surface area (Å²) in [4.78, 5) is 4.61. The largest absolute Gasteiger partial charge is 0.497 e. The first-order valence-electron chi connectivity index (χ1n) is 7.72. The summed E-state index contributed by atoms with van der Waals surface area (Å²) in [5, 5.41) is 2.65. The molecule has 2 aromatic rings. The molecule has 2 heteroatoms. The Labute approximate surface area is 135 Å². The van der Waals surface area contributed by atoms with E-state index in [1.54, 1.807) is 7.11 Å². The maximum Gasteiger partial charge on any atom is 0.118 e. The van der Waals surface area contributed by atoms with Crippen molar-refractivity contribution < 1.29 is 4.74 Å². The standard InChI is InChI=1S/C21H17NO/c1-23-19-9-6-15(7-10-19)14-22-18-8-11-21-17(13-18)12-16-4-2-3-5-20(16)21/h2-14,17H,1H3/t17-/m1/s1. The third-order valence-electron chi connectivity index (χ3n) is 4.25. The Hall–Kier alpha value is -2.87. The average Bonchev–Trinajstić information content (AvgIpc) is 2.98. The molecule has 2 aromatic carbocycles. The highest BCUT2D eigenvalue weighted by molar-refractivity contribution is 5.82. The van der Waals surface area contributed by atoms with Gasteiger partial charge in [0.05, 0.1) is 12.8 Å². The molecule has 0 spiro atoms. The number of hydrogen-bond acceptors (Lipinski definition) is 2. The molecule has 0 unspecified atom stereocenters. The first-order valence-corrected chi connectivity index (χ1v) is 7.72. The van der Waals surface area contributed by atoms with Crippen molar-refractivity contribution in [3.8, 4) is 5.75 Å². The maximum absolute atomic E-state index is 5.17. The van der Waals surface area contributed by atoms with Gasteiger partial charge in [-0.25, -0.2) is 0 Å². The van der Waals surface area contributed by atoms with E-state index in [1.807, 2.05) is 30.5 Å². The van der Waals surface area contributed by atoms with Crippen LogP contribution in [0.5, 0.6) is 5.75 Å². The molecule has 4 rings (SSSR count). The quantitative estimate of drug-likeness (QED) is 0.799. The van der Waals surface area contributed by atoms with Crippen LogP contribution in [0, 0.1) is 5.92 Å². The van der Waals surface area contributed by atoms with Crippen molar-refractivity contribution in [1.82, 2.24) is 0 Å². The van der Waals surface area contributed by atoms with Gasteiger partial charge in [-0.05, 0) is 58.0 Å². The topological polar surface area (TPSA) is 21.6 Å². The number of ether oxygens (including phenoxy) is 1. The lowest BCUT2D eigenvalue weighted by molar-refractivity contribution is 0.415. The highest BCUT2D eigenvalue weighted by atomic mass is 16.5. The monoisotopic (exact) mass is 299 g/mol. The van der Waals surface area contributed by atoms with Crippen LogP contribution in [0.2, 0.25) is 0 Å². The zero-order valence-electron chi connectivity index (χ0n) is 12.9. The van der Waals surface area contributed by atoms with Crippen LogP contribution in [-0.4, -0.2) is 13.3 Å². The predicted octanol–water partition coefficient (Wildman–Crippen LogP) is 2.83. The van der Waals surface area contributed by atoms with E-state index in [2.05, 4.69) is 53.6 Å².